The van der Waals surface area contributed by atoms with E-state index < -0.39 is 6.10 Å². The molecule has 2 nitrogen and oxygen atoms in total. The molecule has 1 fully saturated rings. The summed E-state index contributed by atoms with van der Waals surface area (Å²) in [6.07, 6.45) is -0.438. The van der Waals surface area contributed by atoms with Crippen LogP contribution in [0.4, 0.5) is 0 Å². The highest BCUT2D eigenvalue weighted by molar-refractivity contribution is 8.06. The highest BCUT2D eigenvalue weighted by Gasteiger charge is 2.26. The molecule has 15 heavy (non-hydrogen) atoms. The maximum Gasteiger partial charge on any atom is 0.107 e. The Hall–Kier alpha value is 0.290. The Labute approximate surface area is 103 Å². The maximum atomic E-state index is 9.43. The predicted octanol–water partition coefficient (Wildman–Crippen LogP) is 3.11. The van der Waals surface area contributed by atoms with Gasteiger partial charge in [-0.05, 0) is 6.92 Å². The first-order chi connectivity index (χ1) is 7.18. The molecule has 1 aliphatic rings. The zero-order valence-electron chi connectivity index (χ0n) is 8.84. The van der Waals surface area contributed by atoms with Crippen LogP contribution in [0.25, 0.3) is 0 Å². The number of hydrogen-bond acceptors (Lipinski definition) is 5. The molecule has 0 aliphatic carbocycles. The zero-order chi connectivity index (χ0) is 10.8. The van der Waals surface area contributed by atoms with Crippen LogP contribution in [-0.2, 0) is 0 Å². The molecule has 1 aromatic heterocycles. The molecule has 0 aromatic carbocycles. The van der Waals surface area contributed by atoms with Crippen molar-refractivity contribution in [2.75, 3.05) is 11.5 Å². The van der Waals surface area contributed by atoms with E-state index in [1.54, 1.807) is 18.3 Å². The average Bonchev–Trinajstić information content (AvgIpc) is 2.67. The lowest BCUT2D eigenvalue weighted by atomic mass is 10.3. The van der Waals surface area contributed by atoms with Gasteiger partial charge in [0.25, 0.3) is 0 Å². The third-order valence-electron chi connectivity index (χ3n) is 2.40. The number of aliphatic hydroxyl groups excluding tert-OH is 1. The lowest BCUT2D eigenvalue weighted by Crippen LogP contribution is -2.15. The minimum atomic E-state index is -0.438. The Morgan fingerprint density at radius 1 is 1.47 bits per heavy atom. The third kappa shape index (κ3) is 2.70. The first-order valence-corrected chi connectivity index (χ1v) is 8.03. The van der Waals surface area contributed by atoms with Crippen LogP contribution in [0.15, 0.2) is 5.38 Å². The second-order valence-electron chi connectivity index (χ2n) is 3.65. The van der Waals surface area contributed by atoms with Crippen molar-refractivity contribution in [2.45, 2.75) is 30.5 Å². The van der Waals surface area contributed by atoms with Crippen LogP contribution < -0.4 is 0 Å². The molecular formula is C10H15NOS3. The van der Waals surface area contributed by atoms with Crippen LogP contribution in [0.2, 0.25) is 0 Å². The van der Waals surface area contributed by atoms with E-state index in [2.05, 4.69) is 11.9 Å². The molecule has 3 atom stereocenters. The summed E-state index contributed by atoms with van der Waals surface area (Å²) in [6.45, 7) is 4.04. The van der Waals surface area contributed by atoms with Gasteiger partial charge in [0.05, 0.1) is 17.0 Å². The summed E-state index contributed by atoms with van der Waals surface area (Å²) in [6, 6.07) is 0. The fourth-order valence-corrected chi connectivity index (χ4v) is 5.61. The van der Waals surface area contributed by atoms with E-state index in [4.69, 9.17) is 0 Å². The van der Waals surface area contributed by atoms with Gasteiger partial charge in [0.15, 0.2) is 0 Å². The van der Waals surface area contributed by atoms with E-state index in [1.807, 2.05) is 28.9 Å². The highest BCUT2D eigenvalue weighted by atomic mass is 32.2. The van der Waals surface area contributed by atoms with E-state index >= 15 is 0 Å². The molecule has 5 heteroatoms. The fraction of sp³-hybridized carbons (Fsp3) is 0.700. The molecule has 0 amide bonds. The normalized spacial score (nSPS) is 29.0. The second-order valence-corrected chi connectivity index (χ2v) is 7.28. The van der Waals surface area contributed by atoms with Crippen LogP contribution in [0.1, 0.15) is 35.9 Å². The van der Waals surface area contributed by atoms with Gasteiger partial charge in [-0.15, -0.1) is 23.1 Å². The molecule has 1 saturated heterocycles. The largest absolute Gasteiger partial charge is 0.387 e. The van der Waals surface area contributed by atoms with E-state index in [0.717, 1.165) is 5.69 Å². The van der Waals surface area contributed by atoms with E-state index in [-0.39, 0.29) is 0 Å². The molecule has 0 bridgehead atoms. The summed E-state index contributed by atoms with van der Waals surface area (Å²) in [5.74, 6) is 2.46. The van der Waals surface area contributed by atoms with Gasteiger partial charge in [0.1, 0.15) is 5.01 Å². The minimum Gasteiger partial charge on any atom is -0.387 e. The number of nitrogens with zero attached hydrogens (tertiary/aromatic N) is 1. The maximum absolute atomic E-state index is 9.43. The van der Waals surface area contributed by atoms with Crippen molar-refractivity contribution in [1.29, 1.82) is 0 Å². The Kier molecular flexibility index (Phi) is 3.98. The minimum absolute atomic E-state index is 0.438. The van der Waals surface area contributed by atoms with Crippen molar-refractivity contribution < 1.29 is 5.11 Å². The number of rotatable bonds is 2. The zero-order valence-corrected chi connectivity index (χ0v) is 11.3. The molecular weight excluding hydrogens is 246 g/mol. The number of aliphatic hydroxyl groups is 1. The Morgan fingerprint density at radius 3 is 2.80 bits per heavy atom. The van der Waals surface area contributed by atoms with Crippen molar-refractivity contribution in [3.63, 3.8) is 0 Å². The molecule has 1 N–H and O–H groups in total. The molecule has 0 saturated carbocycles. The molecule has 1 aromatic rings. The van der Waals surface area contributed by atoms with Crippen LogP contribution in [-0.4, -0.2) is 26.8 Å². The van der Waals surface area contributed by atoms with Crippen molar-refractivity contribution in [3.05, 3.63) is 16.1 Å². The summed E-state index contributed by atoms with van der Waals surface area (Å²) in [7, 11) is 0. The van der Waals surface area contributed by atoms with Crippen LogP contribution in [0, 0.1) is 0 Å². The first-order valence-electron chi connectivity index (χ1n) is 5.05. The topological polar surface area (TPSA) is 33.1 Å². The smallest absolute Gasteiger partial charge is 0.107 e. The summed E-state index contributed by atoms with van der Waals surface area (Å²) >= 11 is 5.70. The molecule has 1 aliphatic heterocycles. The standard InChI is InChI=1S/C10H15NOS3/c1-6(12)8-5-15-10(11-8)9-7(2)13-3-4-14-9/h5-7,9,12H,3-4H2,1-2H3. The van der Waals surface area contributed by atoms with E-state index in [9.17, 15) is 5.11 Å². The molecule has 84 valence electrons. The number of aromatic nitrogens is 1. The molecule has 0 spiro atoms. The van der Waals surface area contributed by atoms with Gasteiger partial charge in [-0.1, -0.05) is 6.92 Å². The summed E-state index contributed by atoms with van der Waals surface area (Å²) in [5.41, 5.74) is 0.818. The van der Waals surface area contributed by atoms with Crippen molar-refractivity contribution in [3.8, 4) is 0 Å². The fourth-order valence-electron chi connectivity index (χ4n) is 1.53. The highest BCUT2D eigenvalue weighted by Crippen LogP contribution is 2.43. The van der Waals surface area contributed by atoms with Gasteiger partial charge in [0.2, 0.25) is 0 Å². The van der Waals surface area contributed by atoms with Gasteiger partial charge in [-0.25, -0.2) is 4.98 Å². The van der Waals surface area contributed by atoms with Crippen molar-refractivity contribution in [1.82, 2.24) is 4.98 Å². The SMILES string of the molecule is CC(O)c1csc(C2SCCSC2C)n1. The third-order valence-corrected chi connectivity index (χ3v) is 6.59. The second kappa shape index (κ2) is 5.08. The summed E-state index contributed by atoms with van der Waals surface area (Å²) in [4.78, 5) is 4.52. The summed E-state index contributed by atoms with van der Waals surface area (Å²) in [5, 5.41) is 13.7. The van der Waals surface area contributed by atoms with Crippen molar-refractivity contribution >= 4 is 34.9 Å². The molecule has 0 radical (unpaired) electrons. The van der Waals surface area contributed by atoms with Crippen LogP contribution >= 0.6 is 34.9 Å². The Morgan fingerprint density at radius 2 is 2.20 bits per heavy atom. The quantitative estimate of drug-likeness (QED) is 0.887. The van der Waals surface area contributed by atoms with Gasteiger partial charge in [-0.2, -0.15) is 11.8 Å². The van der Waals surface area contributed by atoms with Gasteiger partial charge >= 0.3 is 0 Å². The van der Waals surface area contributed by atoms with Crippen LogP contribution in [0.5, 0.6) is 0 Å². The molecule has 2 rings (SSSR count). The van der Waals surface area contributed by atoms with Gasteiger partial charge < -0.3 is 5.11 Å². The lowest BCUT2D eigenvalue weighted by Gasteiger charge is -2.25. The monoisotopic (exact) mass is 261 g/mol. The van der Waals surface area contributed by atoms with Gasteiger partial charge in [0, 0.05) is 22.1 Å². The van der Waals surface area contributed by atoms with E-state index in [1.165, 1.54) is 16.5 Å². The van der Waals surface area contributed by atoms with Gasteiger partial charge in [-0.3, -0.25) is 0 Å². The predicted molar refractivity (Wildman–Crippen MR) is 69.9 cm³/mol. The Bertz CT molecular complexity index is 326. The van der Waals surface area contributed by atoms with E-state index in [0.29, 0.717) is 10.5 Å². The lowest BCUT2D eigenvalue weighted by molar-refractivity contribution is 0.195. The van der Waals surface area contributed by atoms with Crippen molar-refractivity contribution in [2.24, 2.45) is 0 Å². The number of hydrogen-bond donors (Lipinski definition) is 1. The molecule has 2 heterocycles. The number of thiazole rings is 1. The van der Waals surface area contributed by atoms with Crippen LogP contribution in [0.3, 0.4) is 0 Å². The molecule has 3 unspecified atom stereocenters. The first kappa shape index (κ1) is 11.8. The average molecular weight is 261 g/mol. The number of thioether (sulfide) groups is 2. The Balaban J connectivity index is 2.13. The summed E-state index contributed by atoms with van der Waals surface area (Å²) < 4.78 is 0.